The Kier molecular flexibility index (Phi) is 3.74. The molecule has 0 spiro atoms. The monoisotopic (exact) mass is 380 g/mol. The summed E-state index contributed by atoms with van der Waals surface area (Å²) in [5.74, 6) is -0.0687. The molecule has 2 aliphatic carbocycles. The van der Waals surface area contributed by atoms with E-state index in [4.69, 9.17) is 0 Å². The molecule has 4 rings (SSSR count). The molecule has 6 nitrogen and oxygen atoms in total. The van der Waals surface area contributed by atoms with Gasteiger partial charge in [-0.05, 0) is 38.5 Å². The highest BCUT2D eigenvalue weighted by Gasteiger charge is 2.48. The predicted molar refractivity (Wildman–Crippen MR) is 96.0 cm³/mol. The van der Waals surface area contributed by atoms with Crippen molar-refractivity contribution in [2.75, 3.05) is 10.6 Å². The quantitative estimate of drug-likeness (QED) is 0.788. The molecular weight excluding hydrogens is 357 g/mol. The fourth-order valence-electron chi connectivity index (χ4n) is 3.12. The molecule has 2 aromatic heterocycles. The largest absolute Gasteiger partial charge is 0.421 e. The number of aromatic nitrogens is 4. The van der Waals surface area contributed by atoms with Gasteiger partial charge in [0.25, 0.3) is 0 Å². The zero-order valence-electron chi connectivity index (χ0n) is 15.8. The highest BCUT2D eigenvalue weighted by molar-refractivity contribution is 5.58. The Balaban J connectivity index is 1.60. The van der Waals surface area contributed by atoms with Crippen LogP contribution >= 0.6 is 0 Å². The van der Waals surface area contributed by atoms with Crippen molar-refractivity contribution in [3.05, 3.63) is 23.7 Å². The van der Waals surface area contributed by atoms with Gasteiger partial charge in [0.1, 0.15) is 11.4 Å². The van der Waals surface area contributed by atoms with E-state index in [0.717, 1.165) is 31.2 Å². The van der Waals surface area contributed by atoms with Crippen LogP contribution in [-0.2, 0) is 6.18 Å². The topological polar surface area (TPSA) is 67.7 Å². The summed E-state index contributed by atoms with van der Waals surface area (Å²) in [6.45, 7) is 8.09. The molecule has 0 amide bonds. The number of nitrogens with zero attached hydrogens (tertiary/aromatic N) is 4. The summed E-state index contributed by atoms with van der Waals surface area (Å²) in [5.41, 5.74) is 0.487. The van der Waals surface area contributed by atoms with E-state index in [-0.39, 0.29) is 22.7 Å². The Labute approximate surface area is 155 Å². The van der Waals surface area contributed by atoms with Crippen molar-refractivity contribution in [3.63, 3.8) is 0 Å². The lowest BCUT2D eigenvalue weighted by molar-refractivity contribution is -0.137. The minimum Gasteiger partial charge on any atom is -0.364 e. The second-order valence-corrected chi connectivity index (χ2v) is 8.58. The molecule has 1 atom stereocenters. The Bertz CT molecular complexity index is 882. The Morgan fingerprint density at radius 2 is 1.89 bits per heavy atom. The van der Waals surface area contributed by atoms with Crippen LogP contribution in [0.5, 0.6) is 0 Å². The van der Waals surface area contributed by atoms with E-state index in [0.29, 0.717) is 11.7 Å². The van der Waals surface area contributed by atoms with Crippen LogP contribution in [0.2, 0.25) is 0 Å². The van der Waals surface area contributed by atoms with Crippen LogP contribution in [0.3, 0.4) is 0 Å². The van der Waals surface area contributed by atoms with Crippen molar-refractivity contribution in [1.29, 1.82) is 0 Å². The van der Waals surface area contributed by atoms with Crippen LogP contribution in [0.1, 0.15) is 57.3 Å². The van der Waals surface area contributed by atoms with Crippen LogP contribution < -0.4 is 10.6 Å². The van der Waals surface area contributed by atoms with E-state index < -0.39 is 11.7 Å². The van der Waals surface area contributed by atoms with E-state index in [1.165, 1.54) is 0 Å². The number of halogens is 3. The number of anilines is 3. The minimum atomic E-state index is -4.51. The summed E-state index contributed by atoms with van der Waals surface area (Å²) in [7, 11) is 0. The molecule has 0 unspecified atom stereocenters. The summed E-state index contributed by atoms with van der Waals surface area (Å²) in [4.78, 5) is 7.98. The van der Waals surface area contributed by atoms with Gasteiger partial charge in [-0.15, -0.1) is 0 Å². The normalized spacial score (nSPS) is 22.4. The third kappa shape index (κ3) is 3.59. The third-order valence-electron chi connectivity index (χ3n) is 5.46. The van der Waals surface area contributed by atoms with Gasteiger partial charge in [0, 0.05) is 17.9 Å². The van der Waals surface area contributed by atoms with Crippen molar-refractivity contribution in [1.82, 2.24) is 19.7 Å². The van der Waals surface area contributed by atoms with E-state index in [2.05, 4.69) is 39.5 Å². The summed E-state index contributed by atoms with van der Waals surface area (Å²) >= 11 is 0. The average molecular weight is 380 g/mol. The molecule has 9 heteroatoms. The molecule has 2 aliphatic rings. The summed E-state index contributed by atoms with van der Waals surface area (Å²) in [6, 6.07) is 0.340. The second-order valence-electron chi connectivity index (χ2n) is 8.58. The molecule has 146 valence electrons. The van der Waals surface area contributed by atoms with Crippen LogP contribution in [0.4, 0.5) is 30.6 Å². The zero-order valence-corrected chi connectivity index (χ0v) is 15.8. The highest BCUT2D eigenvalue weighted by atomic mass is 19.4. The Morgan fingerprint density at radius 3 is 2.44 bits per heavy atom. The fourth-order valence-corrected chi connectivity index (χ4v) is 3.12. The molecule has 27 heavy (non-hydrogen) atoms. The van der Waals surface area contributed by atoms with Gasteiger partial charge in [0.15, 0.2) is 0 Å². The highest BCUT2D eigenvalue weighted by Crippen LogP contribution is 2.55. The SMILES string of the molecule is Cc1nn([C@H]2CC2(C)C)cc1Nc1ncc(C(F)(F)F)c(NC2(C)CC2)n1. The van der Waals surface area contributed by atoms with Gasteiger partial charge < -0.3 is 10.6 Å². The molecule has 0 aromatic carbocycles. The van der Waals surface area contributed by atoms with Gasteiger partial charge >= 0.3 is 6.18 Å². The number of nitrogens with one attached hydrogen (secondary N) is 2. The zero-order chi connectivity index (χ0) is 19.6. The molecule has 0 saturated heterocycles. The first-order chi connectivity index (χ1) is 12.5. The predicted octanol–water partition coefficient (Wildman–Crippen LogP) is 4.68. The van der Waals surface area contributed by atoms with Gasteiger partial charge in [0.05, 0.1) is 17.4 Å². The van der Waals surface area contributed by atoms with E-state index in [9.17, 15) is 13.2 Å². The summed E-state index contributed by atoms with van der Waals surface area (Å²) < 4.78 is 41.8. The van der Waals surface area contributed by atoms with E-state index >= 15 is 0 Å². The number of aryl methyl sites for hydroxylation is 1. The van der Waals surface area contributed by atoms with E-state index in [1.807, 2.05) is 24.7 Å². The van der Waals surface area contributed by atoms with Crippen molar-refractivity contribution < 1.29 is 13.2 Å². The summed E-state index contributed by atoms with van der Waals surface area (Å²) in [5, 5.41) is 10.5. The maximum atomic E-state index is 13.3. The van der Waals surface area contributed by atoms with Crippen LogP contribution in [0, 0.1) is 12.3 Å². The molecular formula is C18H23F3N6. The maximum absolute atomic E-state index is 13.3. The molecule has 2 saturated carbocycles. The lowest BCUT2D eigenvalue weighted by atomic mass is 10.2. The maximum Gasteiger partial charge on any atom is 0.421 e. The lowest BCUT2D eigenvalue weighted by Crippen LogP contribution is -2.21. The molecule has 2 aromatic rings. The molecule has 2 fully saturated rings. The number of rotatable bonds is 5. The molecule has 2 N–H and O–H groups in total. The van der Waals surface area contributed by atoms with Crippen LogP contribution in [0.15, 0.2) is 12.4 Å². The molecule has 0 aliphatic heterocycles. The van der Waals surface area contributed by atoms with Crippen molar-refractivity contribution in [3.8, 4) is 0 Å². The van der Waals surface area contributed by atoms with Gasteiger partial charge in [-0.25, -0.2) is 4.98 Å². The minimum absolute atomic E-state index is 0.118. The Hall–Kier alpha value is -2.32. The number of alkyl halides is 3. The van der Waals surface area contributed by atoms with Gasteiger partial charge in [-0.1, -0.05) is 13.8 Å². The summed E-state index contributed by atoms with van der Waals surface area (Å²) in [6.07, 6.45) is 0.875. The lowest BCUT2D eigenvalue weighted by Gasteiger charge is -2.18. The first-order valence-electron chi connectivity index (χ1n) is 9.02. The average Bonchev–Trinajstić information content (AvgIpc) is 3.37. The van der Waals surface area contributed by atoms with Crippen LogP contribution in [0.25, 0.3) is 0 Å². The van der Waals surface area contributed by atoms with Gasteiger partial charge in [0.2, 0.25) is 5.95 Å². The smallest absolute Gasteiger partial charge is 0.364 e. The Morgan fingerprint density at radius 1 is 1.22 bits per heavy atom. The molecule has 0 bridgehead atoms. The van der Waals surface area contributed by atoms with Crippen molar-refractivity contribution in [2.24, 2.45) is 5.41 Å². The second kappa shape index (κ2) is 5.59. The standard InChI is InChI=1S/C18H23F3N6/c1-10-12(9-27(26-10)13-7-16(13,2)3)23-15-22-8-11(18(19,20)21)14(24-15)25-17(4)5-6-17/h8-9,13H,5-7H2,1-4H3,(H2,22,23,24,25)/t13-/m0/s1. The number of hydrogen-bond donors (Lipinski definition) is 2. The van der Waals surface area contributed by atoms with Gasteiger partial charge in [-0.3, -0.25) is 4.68 Å². The van der Waals surface area contributed by atoms with Crippen molar-refractivity contribution in [2.45, 2.75) is 64.7 Å². The molecule has 2 heterocycles. The number of hydrogen-bond acceptors (Lipinski definition) is 5. The van der Waals surface area contributed by atoms with Crippen molar-refractivity contribution >= 4 is 17.5 Å². The first kappa shape index (κ1) is 18.1. The van der Waals surface area contributed by atoms with Gasteiger partial charge in [-0.2, -0.15) is 23.3 Å². The first-order valence-corrected chi connectivity index (χ1v) is 9.02. The molecule has 0 radical (unpaired) electrons. The van der Waals surface area contributed by atoms with E-state index in [1.54, 1.807) is 0 Å². The fraction of sp³-hybridized carbons (Fsp3) is 0.611. The third-order valence-corrected chi connectivity index (χ3v) is 5.46. The van der Waals surface area contributed by atoms with Crippen LogP contribution in [-0.4, -0.2) is 25.3 Å².